The first kappa shape index (κ1) is 15.7. The number of para-hydroxylation sites is 1. The van der Waals surface area contributed by atoms with Crippen molar-refractivity contribution in [3.05, 3.63) is 29.8 Å². The third kappa shape index (κ3) is 4.67. The summed E-state index contributed by atoms with van der Waals surface area (Å²) >= 11 is 0. The van der Waals surface area contributed by atoms with E-state index >= 15 is 0 Å². The molecule has 0 radical (unpaired) electrons. The largest absolute Gasteiger partial charge is 0.434 e. The lowest BCUT2D eigenvalue weighted by Crippen LogP contribution is -2.42. The Bertz CT molecular complexity index is 482. The quantitative estimate of drug-likeness (QED) is 0.877. The molecule has 1 aromatic carbocycles. The number of amides is 1. The highest BCUT2D eigenvalue weighted by Crippen LogP contribution is 2.21. The molecule has 0 aromatic heterocycles. The Balaban J connectivity index is 1.91. The summed E-state index contributed by atoms with van der Waals surface area (Å²) in [6, 6.07) is 6.82. The monoisotopic (exact) mass is 298 g/mol. The molecule has 21 heavy (non-hydrogen) atoms. The van der Waals surface area contributed by atoms with Crippen molar-refractivity contribution in [1.29, 1.82) is 0 Å². The van der Waals surface area contributed by atoms with Crippen molar-refractivity contribution in [2.24, 2.45) is 5.92 Å². The van der Waals surface area contributed by atoms with Crippen LogP contribution in [0.25, 0.3) is 0 Å². The number of nitrogens with one attached hydrogen (secondary N) is 2. The van der Waals surface area contributed by atoms with Crippen LogP contribution in [0.4, 0.5) is 8.78 Å². The average molecular weight is 298 g/mol. The van der Waals surface area contributed by atoms with Gasteiger partial charge >= 0.3 is 6.61 Å². The number of rotatable bonds is 5. The number of hydrogen-bond acceptors (Lipinski definition) is 3. The molecule has 1 aliphatic heterocycles. The Hall–Kier alpha value is -1.69. The zero-order valence-corrected chi connectivity index (χ0v) is 11.9. The first-order valence-electron chi connectivity index (χ1n) is 7.10. The lowest BCUT2D eigenvalue weighted by Gasteiger charge is -2.27. The molecule has 2 atom stereocenters. The van der Waals surface area contributed by atoms with Gasteiger partial charge in [-0.3, -0.25) is 4.79 Å². The van der Waals surface area contributed by atoms with Gasteiger partial charge in [-0.25, -0.2) is 0 Å². The van der Waals surface area contributed by atoms with E-state index in [0.29, 0.717) is 11.6 Å². The number of carbonyl (C=O) groups excluding carboxylic acids is 1. The molecule has 1 aliphatic rings. The van der Waals surface area contributed by atoms with Gasteiger partial charge in [0.1, 0.15) is 5.75 Å². The highest BCUT2D eigenvalue weighted by Gasteiger charge is 2.24. The number of ether oxygens (including phenoxy) is 1. The van der Waals surface area contributed by atoms with Crippen LogP contribution in [-0.2, 0) is 11.3 Å². The maximum absolute atomic E-state index is 12.3. The molecule has 0 aliphatic carbocycles. The molecule has 1 aromatic rings. The number of piperidine rings is 1. The van der Waals surface area contributed by atoms with Crippen molar-refractivity contribution >= 4 is 5.91 Å². The summed E-state index contributed by atoms with van der Waals surface area (Å²) in [5, 5.41) is 6.10. The normalized spacial score (nSPS) is 22.1. The van der Waals surface area contributed by atoms with Gasteiger partial charge < -0.3 is 15.4 Å². The molecular weight excluding hydrogens is 278 g/mol. The standard InChI is InChI=1S/C15H20F2N2O2/c1-10-8-11(6-7-18-10)14(20)19-9-12-4-2-3-5-13(12)21-15(16)17/h2-5,10-11,15,18H,6-9H2,1H3,(H,19,20). The van der Waals surface area contributed by atoms with Gasteiger partial charge in [0.25, 0.3) is 0 Å². The molecule has 1 heterocycles. The van der Waals surface area contributed by atoms with Crippen LogP contribution in [0.5, 0.6) is 5.75 Å². The smallest absolute Gasteiger partial charge is 0.387 e. The van der Waals surface area contributed by atoms with Gasteiger partial charge in [0.05, 0.1) is 0 Å². The third-order valence-electron chi connectivity index (χ3n) is 3.64. The molecular formula is C15H20F2N2O2. The van der Waals surface area contributed by atoms with E-state index in [9.17, 15) is 13.6 Å². The molecule has 4 nitrogen and oxygen atoms in total. The second kappa shape index (κ2) is 7.36. The maximum Gasteiger partial charge on any atom is 0.387 e. The molecule has 1 saturated heterocycles. The van der Waals surface area contributed by atoms with E-state index in [1.54, 1.807) is 18.2 Å². The minimum Gasteiger partial charge on any atom is -0.434 e. The van der Waals surface area contributed by atoms with Crippen molar-refractivity contribution in [3.8, 4) is 5.75 Å². The van der Waals surface area contributed by atoms with E-state index in [0.717, 1.165) is 19.4 Å². The van der Waals surface area contributed by atoms with Crippen molar-refractivity contribution < 1.29 is 18.3 Å². The summed E-state index contributed by atoms with van der Waals surface area (Å²) < 4.78 is 29.1. The van der Waals surface area contributed by atoms with Gasteiger partial charge in [-0.2, -0.15) is 8.78 Å². The highest BCUT2D eigenvalue weighted by molar-refractivity contribution is 5.78. The third-order valence-corrected chi connectivity index (χ3v) is 3.64. The number of carbonyl (C=O) groups is 1. The topological polar surface area (TPSA) is 50.4 Å². The van der Waals surface area contributed by atoms with Gasteiger partial charge in [0.2, 0.25) is 5.91 Å². The molecule has 0 bridgehead atoms. The Morgan fingerprint density at radius 2 is 2.24 bits per heavy atom. The van der Waals surface area contributed by atoms with E-state index < -0.39 is 6.61 Å². The summed E-state index contributed by atoms with van der Waals surface area (Å²) in [4.78, 5) is 12.1. The second-order valence-corrected chi connectivity index (χ2v) is 5.28. The summed E-state index contributed by atoms with van der Waals surface area (Å²) in [6.07, 6.45) is 1.59. The van der Waals surface area contributed by atoms with E-state index in [4.69, 9.17) is 0 Å². The molecule has 0 saturated carbocycles. The lowest BCUT2D eigenvalue weighted by atomic mass is 9.92. The maximum atomic E-state index is 12.3. The van der Waals surface area contributed by atoms with E-state index in [-0.39, 0.29) is 24.1 Å². The van der Waals surface area contributed by atoms with Crippen molar-refractivity contribution in [1.82, 2.24) is 10.6 Å². The fraction of sp³-hybridized carbons (Fsp3) is 0.533. The molecule has 0 spiro atoms. The van der Waals surface area contributed by atoms with Crippen LogP contribution >= 0.6 is 0 Å². The Kier molecular flexibility index (Phi) is 5.50. The molecule has 116 valence electrons. The van der Waals surface area contributed by atoms with Crippen LogP contribution in [-0.4, -0.2) is 25.1 Å². The second-order valence-electron chi connectivity index (χ2n) is 5.28. The van der Waals surface area contributed by atoms with Gasteiger partial charge in [-0.15, -0.1) is 0 Å². The summed E-state index contributed by atoms with van der Waals surface area (Å²) in [5.41, 5.74) is 0.549. The first-order chi connectivity index (χ1) is 10.1. The fourth-order valence-corrected chi connectivity index (χ4v) is 2.56. The number of hydrogen-bond donors (Lipinski definition) is 2. The van der Waals surface area contributed by atoms with Crippen molar-refractivity contribution in [2.75, 3.05) is 6.54 Å². The summed E-state index contributed by atoms with van der Waals surface area (Å²) in [6.45, 7) is 0.197. The van der Waals surface area contributed by atoms with E-state index in [1.165, 1.54) is 6.07 Å². The Morgan fingerprint density at radius 3 is 2.95 bits per heavy atom. The molecule has 1 amide bonds. The number of halogens is 2. The molecule has 6 heteroatoms. The highest BCUT2D eigenvalue weighted by atomic mass is 19.3. The van der Waals surface area contributed by atoms with Crippen molar-refractivity contribution in [2.45, 2.75) is 39.0 Å². The van der Waals surface area contributed by atoms with E-state index in [1.807, 2.05) is 6.92 Å². The van der Waals surface area contributed by atoms with Crippen LogP contribution in [0, 0.1) is 5.92 Å². The minimum absolute atomic E-state index is 0.0237. The van der Waals surface area contributed by atoms with Gasteiger partial charge in [0.15, 0.2) is 0 Å². The van der Waals surface area contributed by atoms with Gasteiger partial charge in [0, 0.05) is 24.1 Å². The first-order valence-corrected chi connectivity index (χ1v) is 7.10. The number of alkyl halides is 2. The van der Waals surface area contributed by atoms with Gasteiger partial charge in [-0.05, 0) is 32.4 Å². The SMILES string of the molecule is CC1CC(C(=O)NCc2ccccc2OC(F)F)CCN1. The molecule has 2 unspecified atom stereocenters. The Morgan fingerprint density at radius 1 is 1.48 bits per heavy atom. The van der Waals surface area contributed by atoms with Crippen LogP contribution < -0.4 is 15.4 Å². The van der Waals surface area contributed by atoms with Crippen molar-refractivity contribution in [3.63, 3.8) is 0 Å². The van der Waals surface area contributed by atoms with E-state index in [2.05, 4.69) is 15.4 Å². The van der Waals surface area contributed by atoms with Crippen LogP contribution in [0.15, 0.2) is 24.3 Å². The minimum atomic E-state index is -2.87. The number of benzene rings is 1. The summed E-state index contributed by atoms with van der Waals surface area (Å²) in [7, 11) is 0. The molecule has 2 rings (SSSR count). The molecule has 1 fully saturated rings. The van der Waals surface area contributed by atoms with Crippen LogP contribution in [0.1, 0.15) is 25.3 Å². The average Bonchev–Trinajstić information content (AvgIpc) is 2.45. The fourth-order valence-electron chi connectivity index (χ4n) is 2.56. The molecule has 2 N–H and O–H groups in total. The predicted molar refractivity (Wildman–Crippen MR) is 75.1 cm³/mol. The zero-order valence-electron chi connectivity index (χ0n) is 11.9. The summed E-state index contributed by atoms with van der Waals surface area (Å²) in [5.74, 6) is 0.0473. The predicted octanol–water partition coefficient (Wildman–Crippen LogP) is 2.29. The van der Waals surface area contributed by atoms with Crippen LogP contribution in [0.2, 0.25) is 0 Å². The lowest BCUT2D eigenvalue weighted by molar-refractivity contribution is -0.126. The van der Waals surface area contributed by atoms with Crippen LogP contribution in [0.3, 0.4) is 0 Å². The van der Waals surface area contributed by atoms with Gasteiger partial charge in [-0.1, -0.05) is 18.2 Å². The Labute approximate surface area is 122 Å². The zero-order chi connectivity index (χ0) is 15.2.